The lowest BCUT2D eigenvalue weighted by Gasteiger charge is -2.20. The predicted octanol–water partition coefficient (Wildman–Crippen LogP) is 2.44. The molecule has 1 amide bonds. The lowest BCUT2D eigenvalue weighted by Crippen LogP contribution is -2.43. The van der Waals surface area contributed by atoms with Gasteiger partial charge in [0.2, 0.25) is 10.0 Å². The van der Waals surface area contributed by atoms with Crippen LogP contribution < -0.4 is 9.46 Å². The van der Waals surface area contributed by atoms with Gasteiger partial charge in [-0.2, -0.15) is 16.5 Å². The van der Waals surface area contributed by atoms with Gasteiger partial charge in [-0.25, -0.2) is 12.8 Å². The van der Waals surface area contributed by atoms with Crippen LogP contribution in [0.5, 0.6) is 5.75 Å². The van der Waals surface area contributed by atoms with Gasteiger partial charge in [0, 0.05) is 13.6 Å². The molecule has 1 N–H and O–H groups in total. The van der Waals surface area contributed by atoms with E-state index < -0.39 is 40.4 Å². The summed E-state index contributed by atoms with van der Waals surface area (Å²) in [4.78, 5) is 26.3. The minimum atomic E-state index is -3.94. The molecule has 33 heavy (non-hydrogen) atoms. The predicted molar refractivity (Wildman–Crippen MR) is 124 cm³/mol. The Kier molecular flexibility index (Phi) is 10.1. The first-order valence-electron chi connectivity index (χ1n) is 9.97. The van der Waals surface area contributed by atoms with Gasteiger partial charge >= 0.3 is 5.97 Å². The Labute approximate surface area is 197 Å². The smallest absolute Gasteiger partial charge is 0.324 e. The van der Waals surface area contributed by atoms with E-state index in [2.05, 4.69) is 4.72 Å². The highest BCUT2D eigenvalue weighted by molar-refractivity contribution is 7.98. The molecule has 0 heterocycles. The van der Waals surface area contributed by atoms with E-state index >= 15 is 0 Å². The van der Waals surface area contributed by atoms with Gasteiger partial charge in [-0.1, -0.05) is 24.3 Å². The van der Waals surface area contributed by atoms with Crippen molar-refractivity contribution in [1.82, 2.24) is 9.62 Å². The van der Waals surface area contributed by atoms with E-state index in [9.17, 15) is 22.4 Å². The van der Waals surface area contributed by atoms with Gasteiger partial charge in [0.15, 0.2) is 18.2 Å². The van der Waals surface area contributed by atoms with Crippen molar-refractivity contribution in [3.63, 3.8) is 0 Å². The molecule has 0 saturated heterocycles. The Morgan fingerprint density at radius 1 is 1.18 bits per heavy atom. The number of sulfonamides is 1. The largest absolute Gasteiger partial charge is 0.494 e. The summed E-state index contributed by atoms with van der Waals surface area (Å²) in [6.45, 7) is -0.482. The number of ether oxygens (including phenoxy) is 2. The molecule has 0 radical (unpaired) electrons. The number of amides is 1. The van der Waals surface area contributed by atoms with E-state index in [0.29, 0.717) is 11.3 Å². The second-order valence-electron chi connectivity index (χ2n) is 7.09. The topological polar surface area (TPSA) is 102 Å². The SMILES string of the molecule is COc1ccc(CN(C)C(=O)COC(=O)C(CCSC)NS(=O)(=O)c2ccccc2)cc1F. The minimum Gasteiger partial charge on any atom is -0.494 e. The molecule has 0 saturated carbocycles. The van der Waals surface area contributed by atoms with Gasteiger partial charge in [0.05, 0.1) is 12.0 Å². The molecule has 11 heteroatoms. The minimum absolute atomic E-state index is 0.0227. The van der Waals surface area contributed by atoms with Crippen LogP contribution >= 0.6 is 11.8 Å². The Morgan fingerprint density at radius 2 is 1.88 bits per heavy atom. The Balaban J connectivity index is 1.98. The zero-order valence-electron chi connectivity index (χ0n) is 18.6. The van der Waals surface area contributed by atoms with Crippen molar-refractivity contribution in [2.45, 2.75) is 23.9 Å². The molecule has 0 fully saturated rings. The summed E-state index contributed by atoms with van der Waals surface area (Å²) >= 11 is 1.45. The van der Waals surface area contributed by atoms with Crippen LogP contribution in [0.2, 0.25) is 0 Å². The number of methoxy groups -OCH3 is 1. The Hall–Kier alpha value is -2.63. The van der Waals surface area contributed by atoms with E-state index in [-0.39, 0.29) is 23.6 Å². The first kappa shape index (κ1) is 26.6. The number of carbonyl (C=O) groups is 2. The van der Waals surface area contributed by atoms with Gasteiger partial charge in [-0.3, -0.25) is 9.59 Å². The number of benzene rings is 2. The maximum atomic E-state index is 13.8. The lowest BCUT2D eigenvalue weighted by atomic mass is 10.2. The van der Waals surface area contributed by atoms with Crippen LogP contribution in [0.4, 0.5) is 4.39 Å². The molecule has 2 rings (SSSR count). The molecule has 0 aliphatic heterocycles. The van der Waals surface area contributed by atoms with Gasteiger partial charge in [0.1, 0.15) is 6.04 Å². The van der Waals surface area contributed by atoms with Crippen molar-refractivity contribution in [2.24, 2.45) is 0 Å². The van der Waals surface area contributed by atoms with Crippen molar-refractivity contribution >= 4 is 33.7 Å². The number of thioether (sulfide) groups is 1. The molecule has 2 aromatic carbocycles. The summed E-state index contributed by atoms with van der Waals surface area (Å²) in [6, 6.07) is 10.9. The number of nitrogens with one attached hydrogen (secondary N) is 1. The number of nitrogens with zero attached hydrogens (tertiary/aromatic N) is 1. The van der Waals surface area contributed by atoms with Crippen molar-refractivity contribution in [2.75, 3.05) is 32.8 Å². The van der Waals surface area contributed by atoms with E-state index in [4.69, 9.17) is 9.47 Å². The molecule has 0 aliphatic carbocycles. The molecular formula is C22H27FN2O6S2. The van der Waals surface area contributed by atoms with Crippen LogP contribution in [0.1, 0.15) is 12.0 Å². The molecule has 0 bridgehead atoms. The third-order valence-corrected chi connectivity index (χ3v) is 6.78. The number of hydrogen-bond acceptors (Lipinski definition) is 7. The standard InChI is InChI=1S/C22H27FN2O6S2/c1-25(14-16-9-10-20(30-2)18(23)13-16)21(26)15-31-22(27)19(11-12-32-3)24-33(28,29)17-7-5-4-6-8-17/h4-10,13,19,24H,11-12,14-15H2,1-3H3. The third-order valence-electron chi connectivity index (χ3n) is 4.65. The van der Waals surface area contributed by atoms with Crippen molar-refractivity contribution in [1.29, 1.82) is 0 Å². The summed E-state index contributed by atoms with van der Waals surface area (Å²) in [6.07, 6.45) is 2.02. The number of carbonyl (C=O) groups excluding carboxylic acids is 2. The third kappa shape index (κ3) is 8.02. The van der Waals surface area contributed by atoms with Gasteiger partial charge in [-0.05, 0) is 48.3 Å². The number of rotatable bonds is 12. The van der Waals surface area contributed by atoms with Crippen LogP contribution in [0.15, 0.2) is 53.4 Å². The van der Waals surface area contributed by atoms with Crippen molar-refractivity contribution < 1.29 is 31.9 Å². The fraction of sp³-hybridized carbons (Fsp3) is 0.364. The number of halogens is 1. The summed E-state index contributed by atoms with van der Waals surface area (Å²) in [5.74, 6) is -1.32. The second kappa shape index (κ2) is 12.6. The van der Waals surface area contributed by atoms with Crippen LogP contribution in [0.3, 0.4) is 0 Å². The van der Waals surface area contributed by atoms with E-state index in [1.807, 2.05) is 6.26 Å². The highest BCUT2D eigenvalue weighted by Crippen LogP contribution is 2.18. The van der Waals surface area contributed by atoms with Crippen LogP contribution in [-0.2, 0) is 30.9 Å². The molecular weight excluding hydrogens is 471 g/mol. The van der Waals surface area contributed by atoms with Crippen LogP contribution in [0.25, 0.3) is 0 Å². The van der Waals surface area contributed by atoms with Gasteiger partial charge in [-0.15, -0.1) is 0 Å². The fourth-order valence-electron chi connectivity index (χ4n) is 2.83. The molecule has 0 spiro atoms. The quantitative estimate of drug-likeness (QED) is 0.449. The van der Waals surface area contributed by atoms with Crippen LogP contribution in [-0.4, -0.2) is 64.0 Å². The van der Waals surface area contributed by atoms with E-state index in [1.54, 1.807) is 24.3 Å². The number of likely N-dealkylation sites (N-methyl/N-ethyl adjacent to an activating group) is 1. The summed E-state index contributed by atoms with van der Waals surface area (Å²) in [5.41, 5.74) is 0.531. The highest BCUT2D eigenvalue weighted by atomic mass is 32.2. The normalized spacial score (nSPS) is 12.1. The summed E-state index contributed by atoms with van der Waals surface area (Å²) < 4.78 is 51.4. The Morgan fingerprint density at radius 3 is 2.48 bits per heavy atom. The molecule has 2 aromatic rings. The summed E-state index contributed by atoms with van der Waals surface area (Å²) in [5, 5.41) is 0. The van der Waals surface area contributed by atoms with E-state index in [1.165, 1.54) is 55.1 Å². The van der Waals surface area contributed by atoms with Gasteiger partial charge in [0.25, 0.3) is 5.91 Å². The summed E-state index contributed by atoms with van der Waals surface area (Å²) in [7, 11) is -1.10. The average Bonchev–Trinajstić information content (AvgIpc) is 2.80. The van der Waals surface area contributed by atoms with Crippen molar-refractivity contribution in [3.05, 3.63) is 59.9 Å². The highest BCUT2D eigenvalue weighted by Gasteiger charge is 2.27. The zero-order valence-corrected chi connectivity index (χ0v) is 20.2. The molecule has 0 aliphatic rings. The molecule has 180 valence electrons. The second-order valence-corrected chi connectivity index (χ2v) is 9.79. The molecule has 0 aromatic heterocycles. The van der Waals surface area contributed by atoms with E-state index in [0.717, 1.165) is 0 Å². The first-order valence-corrected chi connectivity index (χ1v) is 12.8. The molecule has 8 nitrogen and oxygen atoms in total. The van der Waals surface area contributed by atoms with Crippen molar-refractivity contribution in [3.8, 4) is 5.75 Å². The molecule has 1 atom stereocenters. The zero-order chi connectivity index (χ0) is 24.4. The first-order chi connectivity index (χ1) is 15.7. The van der Waals surface area contributed by atoms with Gasteiger partial charge < -0.3 is 14.4 Å². The number of esters is 1. The maximum Gasteiger partial charge on any atom is 0.324 e. The molecule has 1 unspecified atom stereocenters. The fourth-order valence-corrected chi connectivity index (χ4v) is 4.54. The van der Waals surface area contributed by atoms with Crippen LogP contribution in [0, 0.1) is 5.82 Å². The Bertz CT molecular complexity index is 1050. The monoisotopic (exact) mass is 498 g/mol. The average molecular weight is 499 g/mol. The lowest BCUT2D eigenvalue weighted by molar-refractivity contribution is -0.153. The number of hydrogen-bond donors (Lipinski definition) is 1. The maximum absolute atomic E-state index is 13.8.